The molecule has 0 bridgehead atoms. The van der Waals surface area contributed by atoms with Gasteiger partial charge >= 0.3 is 6.09 Å². The zero-order chi connectivity index (χ0) is 28.1. The van der Waals surface area contributed by atoms with Crippen molar-refractivity contribution in [2.45, 2.75) is 70.9 Å². The number of ether oxygens (including phenoxy) is 2. The van der Waals surface area contributed by atoms with E-state index in [-0.39, 0.29) is 18.0 Å². The van der Waals surface area contributed by atoms with Gasteiger partial charge in [0.2, 0.25) is 0 Å². The summed E-state index contributed by atoms with van der Waals surface area (Å²) in [6.07, 6.45) is 8.93. The third-order valence-electron chi connectivity index (χ3n) is 7.29. The third kappa shape index (κ3) is 7.38. The Hall–Kier alpha value is -3.47. The SMILES string of the molecule is CC(C)(C)OC(=O)N1CCCC(Nc2cc(NCCCC3CCOCC3)nc(-c3cnc4ccc(F)cn34)n2)C1. The molecule has 1 unspecified atom stereocenters. The molecule has 216 valence electrons. The van der Waals surface area contributed by atoms with E-state index in [0.717, 1.165) is 58.3 Å². The Bertz CT molecular complexity index is 1300. The maximum absolute atomic E-state index is 14.1. The first-order valence-corrected chi connectivity index (χ1v) is 14.3. The van der Waals surface area contributed by atoms with Crippen molar-refractivity contribution in [3.05, 3.63) is 36.4 Å². The molecule has 0 spiro atoms. The molecular weight excluding hydrogens is 513 g/mol. The van der Waals surface area contributed by atoms with Crippen molar-refractivity contribution in [1.82, 2.24) is 24.3 Å². The predicted octanol–water partition coefficient (Wildman–Crippen LogP) is 5.36. The molecule has 2 aliphatic heterocycles. The number of halogens is 1. The van der Waals surface area contributed by atoms with E-state index in [4.69, 9.17) is 19.4 Å². The van der Waals surface area contributed by atoms with E-state index in [2.05, 4.69) is 15.6 Å². The molecule has 3 aromatic rings. The minimum Gasteiger partial charge on any atom is -0.444 e. The fraction of sp³-hybridized carbons (Fsp3) is 0.586. The lowest BCUT2D eigenvalue weighted by Crippen LogP contribution is -2.47. The van der Waals surface area contributed by atoms with Gasteiger partial charge in [0, 0.05) is 51.2 Å². The van der Waals surface area contributed by atoms with Crippen LogP contribution in [0.5, 0.6) is 0 Å². The Morgan fingerprint density at radius 3 is 2.77 bits per heavy atom. The summed E-state index contributed by atoms with van der Waals surface area (Å²) in [5.74, 6) is 2.11. The van der Waals surface area contributed by atoms with Crippen LogP contribution < -0.4 is 10.6 Å². The topological polar surface area (TPSA) is 106 Å². The number of carbonyl (C=O) groups excluding carboxylic acids is 1. The van der Waals surface area contributed by atoms with E-state index in [0.29, 0.717) is 47.8 Å². The summed E-state index contributed by atoms with van der Waals surface area (Å²) in [4.78, 5) is 28.4. The number of fused-ring (bicyclic) bond motifs is 1. The molecule has 1 atom stereocenters. The van der Waals surface area contributed by atoms with Gasteiger partial charge in [-0.1, -0.05) is 0 Å². The van der Waals surface area contributed by atoms with Crippen molar-refractivity contribution >= 4 is 23.4 Å². The Kier molecular flexibility index (Phi) is 8.68. The molecule has 3 aromatic heterocycles. The average molecular weight is 554 g/mol. The van der Waals surface area contributed by atoms with E-state index in [9.17, 15) is 9.18 Å². The number of aromatic nitrogens is 4. The second-order valence-corrected chi connectivity index (χ2v) is 11.7. The van der Waals surface area contributed by atoms with Gasteiger partial charge in [0.15, 0.2) is 5.82 Å². The molecule has 5 rings (SSSR count). The molecule has 5 heterocycles. The molecular formula is C29H40FN7O3. The lowest BCUT2D eigenvalue weighted by molar-refractivity contribution is 0.0206. The second-order valence-electron chi connectivity index (χ2n) is 11.7. The summed E-state index contributed by atoms with van der Waals surface area (Å²) in [6, 6.07) is 4.92. The molecule has 0 aromatic carbocycles. The number of anilines is 2. The number of hydrogen-bond donors (Lipinski definition) is 2. The van der Waals surface area contributed by atoms with Crippen molar-refractivity contribution in [1.29, 1.82) is 0 Å². The summed E-state index contributed by atoms with van der Waals surface area (Å²) in [5.41, 5.74) is 0.671. The monoisotopic (exact) mass is 553 g/mol. The highest BCUT2D eigenvalue weighted by Crippen LogP contribution is 2.25. The summed E-state index contributed by atoms with van der Waals surface area (Å²) in [7, 11) is 0. The van der Waals surface area contributed by atoms with Gasteiger partial charge in [-0.2, -0.15) is 0 Å². The van der Waals surface area contributed by atoms with Crippen LogP contribution in [0, 0.1) is 11.7 Å². The van der Waals surface area contributed by atoms with Crippen molar-refractivity contribution in [2.24, 2.45) is 5.92 Å². The van der Waals surface area contributed by atoms with Crippen molar-refractivity contribution in [3.8, 4) is 11.5 Å². The second kappa shape index (κ2) is 12.4. The van der Waals surface area contributed by atoms with Crippen LogP contribution >= 0.6 is 0 Å². The molecule has 2 saturated heterocycles. The Morgan fingerprint density at radius 2 is 1.98 bits per heavy atom. The Morgan fingerprint density at radius 1 is 1.18 bits per heavy atom. The van der Waals surface area contributed by atoms with Crippen molar-refractivity contribution in [2.75, 3.05) is 43.5 Å². The minimum absolute atomic E-state index is 0.00465. The standard InChI is InChI=1S/C29H40FN7O3/c1-29(2,3)40-28(38)36-13-5-7-22(19-36)33-25-16-24(31-12-4-6-20-10-14-39-15-11-20)34-27(35-25)23-17-32-26-9-8-21(30)18-37(23)26/h8-9,16-18,20,22H,4-7,10-15,19H2,1-3H3,(H2,31,33,34,35). The number of hydrogen-bond acceptors (Lipinski definition) is 8. The van der Waals surface area contributed by atoms with Crippen LogP contribution in [0.3, 0.4) is 0 Å². The van der Waals surface area contributed by atoms with E-state index in [1.54, 1.807) is 21.6 Å². The zero-order valence-electron chi connectivity index (χ0n) is 23.7. The van der Waals surface area contributed by atoms with Crippen molar-refractivity contribution < 1.29 is 18.7 Å². The smallest absolute Gasteiger partial charge is 0.410 e. The van der Waals surface area contributed by atoms with E-state index < -0.39 is 5.60 Å². The Labute approximate surface area is 234 Å². The highest BCUT2D eigenvalue weighted by atomic mass is 19.1. The van der Waals surface area contributed by atoms with E-state index >= 15 is 0 Å². The van der Waals surface area contributed by atoms with Gasteiger partial charge in [-0.3, -0.25) is 4.40 Å². The maximum Gasteiger partial charge on any atom is 0.410 e. The fourth-order valence-corrected chi connectivity index (χ4v) is 5.29. The number of amides is 1. The van der Waals surface area contributed by atoms with Crippen LogP contribution in [0.1, 0.15) is 59.3 Å². The fourth-order valence-electron chi connectivity index (χ4n) is 5.29. The molecule has 11 heteroatoms. The van der Waals surface area contributed by atoms with Gasteiger partial charge < -0.3 is 25.0 Å². The molecule has 2 N–H and O–H groups in total. The lowest BCUT2D eigenvalue weighted by Gasteiger charge is -2.34. The molecule has 2 fully saturated rings. The van der Waals surface area contributed by atoms with Crippen LogP contribution in [-0.2, 0) is 9.47 Å². The Balaban J connectivity index is 1.33. The van der Waals surface area contributed by atoms with Crippen LogP contribution in [0.25, 0.3) is 17.2 Å². The normalized spacial score (nSPS) is 18.6. The van der Waals surface area contributed by atoms with Gasteiger partial charge in [0.1, 0.15) is 34.4 Å². The molecule has 0 aliphatic carbocycles. The van der Waals surface area contributed by atoms with Gasteiger partial charge in [0.25, 0.3) is 0 Å². The summed E-state index contributed by atoms with van der Waals surface area (Å²) in [6.45, 7) is 9.29. The summed E-state index contributed by atoms with van der Waals surface area (Å²) >= 11 is 0. The van der Waals surface area contributed by atoms with Gasteiger partial charge in [-0.25, -0.2) is 24.1 Å². The summed E-state index contributed by atoms with van der Waals surface area (Å²) in [5, 5.41) is 6.98. The molecule has 0 saturated carbocycles. The first-order chi connectivity index (χ1) is 19.2. The number of nitrogens with one attached hydrogen (secondary N) is 2. The number of rotatable bonds is 8. The molecule has 40 heavy (non-hydrogen) atoms. The van der Waals surface area contributed by atoms with Gasteiger partial charge in [-0.05, 0) is 77.3 Å². The minimum atomic E-state index is -0.544. The average Bonchev–Trinajstić information content (AvgIpc) is 3.34. The molecule has 2 aliphatic rings. The number of likely N-dealkylation sites (tertiary alicyclic amines) is 1. The number of imidazole rings is 1. The van der Waals surface area contributed by atoms with Crippen LogP contribution in [0.15, 0.2) is 30.6 Å². The highest BCUT2D eigenvalue weighted by molar-refractivity contribution is 5.68. The third-order valence-corrected chi connectivity index (χ3v) is 7.29. The lowest BCUT2D eigenvalue weighted by atomic mass is 9.95. The first kappa shape index (κ1) is 28.1. The van der Waals surface area contributed by atoms with Crippen molar-refractivity contribution in [3.63, 3.8) is 0 Å². The largest absolute Gasteiger partial charge is 0.444 e. The van der Waals surface area contributed by atoms with Gasteiger partial charge in [0.05, 0.1) is 6.20 Å². The van der Waals surface area contributed by atoms with Gasteiger partial charge in [-0.15, -0.1) is 0 Å². The van der Waals surface area contributed by atoms with Crippen LogP contribution in [-0.4, -0.2) is 74.8 Å². The zero-order valence-corrected chi connectivity index (χ0v) is 23.7. The predicted molar refractivity (Wildman–Crippen MR) is 152 cm³/mol. The highest BCUT2D eigenvalue weighted by Gasteiger charge is 2.28. The molecule has 0 radical (unpaired) electrons. The number of carbonyl (C=O) groups is 1. The quantitative estimate of drug-likeness (QED) is 0.359. The van der Waals surface area contributed by atoms with E-state index in [1.807, 2.05) is 26.8 Å². The molecule has 10 nitrogen and oxygen atoms in total. The van der Waals surface area contributed by atoms with E-state index in [1.165, 1.54) is 12.3 Å². The summed E-state index contributed by atoms with van der Waals surface area (Å²) < 4.78 is 26.8. The molecule has 1 amide bonds. The van der Waals surface area contributed by atoms with Crippen LogP contribution in [0.2, 0.25) is 0 Å². The maximum atomic E-state index is 14.1. The first-order valence-electron chi connectivity index (χ1n) is 14.3. The van der Waals surface area contributed by atoms with Crippen LogP contribution in [0.4, 0.5) is 20.8 Å². The number of pyridine rings is 1. The number of piperidine rings is 1. The number of nitrogens with zero attached hydrogens (tertiary/aromatic N) is 5.